The molecule has 5 nitrogen and oxygen atoms in total. The number of likely N-dealkylation sites (tertiary alicyclic amines) is 1. The lowest BCUT2D eigenvalue weighted by Crippen LogP contribution is -2.43. The molecule has 0 aliphatic carbocycles. The van der Waals surface area contributed by atoms with Crippen molar-refractivity contribution in [1.82, 2.24) is 9.88 Å². The third kappa shape index (κ3) is 3.13. The van der Waals surface area contributed by atoms with Crippen LogP contribution in [0.3, 0.4) is 0 Å². The average molecular weight is 364 g/mol. The first kappa shape index (κ1) is 16.2. The van der Waals surface area contributed by atoms with Crippen LogP contribution in [-0.4, -0.2) is 48.4 Å². The van der Waals surface area contributed by atoms with E-state index in [4.69, 9.17) is 9.47 Å². The minimum absolute atomic E-state index is 0.0931. The summed E-state index contributed by atoms with van der Waals surface area (Å²) in [5.74, 6) is 0.366. The Morgan fingerprint density at radius 2 is 2.21 bits per heavy atom. The molecule has 0 aromatic carbocycles. The summed E-state index contributed by atoms with van der Waals surface area (Å²) < 4.78 is 11.3. The van der Waals surface area contributed by atoms with Crippen LogP contribution >= 0.6 is 22.7 Å². The van der Waals surface area contributed by atoms with Crippen LogP contribution in [0.25, 0.3) is 9.88 Å². The lowest BCUT2D eigenvalue weighted by molar-refractivity contribution is -0.0969. The van der Waals surface area contributed by atoms with Crippen LogP contribution in [0.5, 0.6) is 0 Å². The maximum Gasteiger partial charge on any atom is 0.265 e. The molecule has 0 N–H and O–H groups in total. The molecule has 7 heteroatoms. The van der Waals surface area contributed by atoms with E-state index in [0.717, 1.165) is 39.8 Å². The van der Waals surface area contributed by atoms with E-state index in [1.807, 2.05) is 29.3 Å². The van der Waals surface area contributed by atoms with Crippen LogP contribution < -0.4 is 0 Å². The summed E-state index contributed by atoms with van der Waals surface area (Å²) in [6.07, 6.45) is 1.90. The van der Waals surface area contributed by atoms with Crippen molar-refractivity contribution in [3.05, 3.63) is 28.1 Å². The molecule has 128 valence electrons. The predicted molar refractivity (Wildman–Crippen MR) is 94.5 cm³/mol. The van der Waals surface area contributed by atoms with Crippen LogP contribution in [0.15, 0.2) is 17.5 Å². The van der Waals surface area contributed by atoms with Crippen molar-refractivity contribution < 1.29 is 14.3 Å². The third-order valence-corrected chi connectivity index (χ3v) is 6.68. The van der Waals surface area contributed by atoms with Crippen molar-refractivity contribution in [2.45, 2.75) is 26.1 Å². The molecule has 0 bridgehead atoms. The Hall–Kier alpha value is -1.28. The van der Waals surface area contributed by atoms with E-state index in [2.05, 4.69) is 4.98 Å². The van der Waals surface area contributed by atoms with Crippen LogP contribution in [0.4, 0.5) is 0 Å². The minimum atomic E-state index is -0.148. The Balaban J connectivity index is 1.50. The number of carbonyl (C=O) groups is 1. The second kappa shape index (κ2) is 6.92. The number of hydrogen-bond donors (Lipinski definition) is 0. The van der Waals surface area contributed by atoms with Gasteiger partial charge in [-0.2, -0.15) is 0 Å². The molecule has 1 amide bonds. The van der Waals surface area contributed by atoms with Crippen LogP contribution in [0.1, 0.15) is 28.2 Å². The Morgan fingerprint density at radius 1 is 1.38 bits per heavy atom. The summed E-state index contributed by atoms with van der Waals surface area (Å²) in [6, 6.07) is 4.05. The molecule has 2 saturated heterocycles. The van der Waals surface area contributed by atoms with Crippen molar-refractivity contribution in [3.63, 3.8) is 0 Å². The van der Waals surface area contributed by atoms with Gasteiger partial charge in [0.05, 0.1) is 23.8 Å². The quantitative estimate of drug-likeness (QED) is 0.838. The zero-order valence-electron chi connectivity index (χ0n) is 13.6. The Bertz CT molecular complexity index is 707. The van der Waals surface area contributed by atoms with E-state index in [0.29, 0.717) is 19.8 Å². The zero-order valence-corrected chi connectivity index (χ0v) is 15.2. The van der Waals surface area contributed by atoms with Crippen molar-refractivity contribution in [3.8, 4) is 9.88 Å². The van der Waals surface area contributed by atoms with E-state index in [-0.39, 0.29) is 18.1 Å². The van der Waals surface area contributed by atoms with Crippen LogP contribution in [0, 0.1) is 12.8 Å². The van der Waals surface area contributed by atoms with Gasteiger partial charge >= 0.3 is 0 Å². The average Bonchev–Trinajstić information content (AvgIpc) is 3.35. The number of thiazole rings is 1. The van der Waals surface area contributed by atoms with Gasteiger partial charge in [-0.05, 0) is 31.2 Å². The fraction of sp³-hybridized carbons (Fsp3) is 0.529. The maximum atomic E-state index is 13.0. The summed E-state index contributed by atoms with van der Waals surface area (Å²) in [7, 11) is 0. The standard InChI is InChI=1S/C17H20N2O3S2/c1-11-14(24-15(18-11)13-5-3-9-23-13)16(20)19-6-2-4-12(10-19)17-21-7-8-22-17/h3,5,9,12,17H,2,4,6-8,10H2,1H3. The first-order chi connectivity index (χ1) is 11.7. The fourth-order valence-electron chi connectivity index (χ4n) is 3.31. The number of piperidine rings is 1. The highest BCUT2D eigenvalue weighted by atomic mass is 32.1. The SMILES string of the molecule is Cc1nc(-c2cccs2)sc1C(=O)N1CCCC(C2OCCO2)C1. The molecule has 24 heavy (non-hydrogen) atoms. The number of amides is 1. The summed E-state index contributed by atoms with van der Waals surface area (Å²) in [5, 5.41) is 2.96. The van der Waals surface area contributed by atoms with E-state index in [1.165, 1.54) is 11.3 Å². The number of nitrogens with zero attached hydrogens (tertiary/aromatic N) is 2. The van der Waals surface area contributed by atoms with Crippen molar-refractivity contribution >= 4 is 28.6 Å². The number of aromatic nitrogens is 1. The van der Waals surface area contributed by atoms with Crippen molar-refractivity contribution in [1.29, 1.82) is 0 Å². The van der Waals surface area contributed by atoms with Crippen LogP contribution in [0.2, 0.25) is 0 Å². The summed E-state index contributed by atoms with van der Waals surface area (Å²) in [4.78, 5) is 21.4. The molecule has 0 radical (unpaired) electrons. The monoisotopic (exact) mass is 364 g/mol. The molecule has 0 saturated carbocycles. The Morgan fingerprint density at radius 3 is 2.96 bits per heavy atom. The topological polar surface area (TPSA) is 51.7 Å². The molecule has 2 aromatic rings. The molecule has 4 heterocycles. The van der Waals surface area contributed by atoms with E-state index < -0.39 is 0 Å². The van der Waals surface area contributed by atoms with E-state index in [9.17, 15) is 4.79 Å². The number of carbonyl (C=O) groups excluding carboxylic acids is 1. The van der Waals surface area contributed by atoms with Crippen LogP contribution in [-0.2, 0) is 9.47 Å². The highest BCUT2D eigenvalue weighted by Gasteiger charge is 2.34. The molecular formula is C17H20N2O3S2. The molecule has 1 unspecified atom stereocenters. The second-order valence-corrected chi connectivity index (χ2v) is 8.12. The molecular weight excluding hydrogens is 344 g/mol. The second-order valence-electron chi connectivity index (χ2n) is 6.17. The van der Waals surface area contributed by atoms with Crippen molar-refractivity contribution in [2.24, 2.45) is 5.92 Å². The van der Waals surface area contributed by atoms with Crippen molar-refractivity contribution in [2.75, 3.05) is 26.3 Å². The molecule has 2 aromatic heterocycles. The van der Waals surface area contributed by atoms with Gasteiger partial charge in [0, 0.05) is 19.0 Å². The van der Waals surface area contributed by atoms with Gasteiger partial charge in [-0.3, -0.25) is 4.79 Å². The van der Waals surface area contributed by atoms with Gasteiger partial charge in [0.25, 0.3) is 5.91 Å². The fourth-order valence-corrected chi connectivity index (χ4v) is 5.14. The number of thiophene rings is 1. The number of ether oxygens (including phenoxy) is 2. The third-order valence-electron chi connectivity index (χ3n) is 4.50. The lowest BCUT2D eigenvalue weighted by Gasteiger charge is -2.34. The predicted octanol–water partition coefficient (Wildman–Crippen LogP) is 3.41. The first-order valence-corrected chi connectivity index (χ1v) is 9.96. The van der Waals surface area contributed by atoms with Gasteiger partial charge in [0.2, 0.25) is 0 Å². The summed E-state index contributed by atoms with van der Waals surface area (Å²) >= 11 is 3.15. The largest absolute Gasteiger partial charge is 0.350 e. The Kier molecular flexibility index (Phi) is 4.67. The number of hydrogen-bond acceptors (Lipinski definition) is 6. The van der Waals surface area contributed by atoms with Gasteiger partial charge in [0.15, 0.2) is 6.29 Å². The number of rotatable bonds is 3. The molecule has 2 fully saturated rings. The minimum Gasteiger partial charge on any atom is -0.350 e. The molecule has 2 aliphatic heterocycles. The zero-order chi connectivity index (χ0) is 16.5. The molecule has 2 aliphatic rings. The van der Waals surface area contributed by atoms with Gasteiger partial charge in [-0.25, -0.2) is 4.98 Å². The normalized spacial score (nSPS) is 22.2. The first-order valence-electron chi connectivity index (χ1n) is 8.26. The van der Waals surface area contributed by atoms with Gasteiger partial charge in [0.1, 0.15) is 9.88 Å². The highest BCUT2D eigenvalue weighted by molar-refractivity contribution is 7.22. The van der Waals surface area contributed by atoms with Gasteiger partial charge in [-0.1, -0.05) is 6.07 Å². The Labute approximate surface area is 149 Å². The molecule has 4 rings (SSSR count). The summed E-state index contributed by atoms with van der Waals surface area (Å²) in [6.45, 7) is 4.74. The van der Waals surface area contributed by atoms with E-state index in [1.54, 1.807) is 11.3 Å². The van der Waals surface area contributed by atoms with Gasteiger partial charge in [-0.15, -0.1) is 22.7 Å². The van der Waals surface area contributed by atoms with E-state index >= 15 is 0 Å². The molecule has 1 atom stereocenters. The lowest BCUT2D eigenvalue weighted by atomic mass is 9.97. The van der Waals surface area contributed by atoms with Gasteiger partial charge < -0.3 is 14.4 Å². The summed E-state index contributed by atoms with van der Waals surface area (Å²) in [5.41, 5.74) is 0.823. The highest BCUT2D eigenvalue weighted by Crippen LogP contribution is 2.33. The smallest absolute Gasteiger partial charge is 0.265 e. The number of aryl methyl sites for hydroxylation is 1. The molecule has 0 spiro atoms. The maximum absolute atomic E-state index is 13.0.